The van der Waals surface area contributed by atoms with Gasteiger partial charge in [-0.1, -0.05) is 18.2 Å². The molecular formula is C16H22N2O3. The maximum atomic E-state index is 12.8. The van der Waals surface area contributed by atoms with E-state index in [9.17, 15) is 9.59 Å². The van der Waals surface area contributed by atoms with Gasteiger partial charge in [0.1, 0.15) is 6.54 Å². The number of piperidine rings is 1. The van der Waals surface area contributed by atoms with Crippen molar-refractivity contribution < 1.29 is 14.7 Å². The van der Waals surface area contributed by atoms with Crippen LogP contribution in [0.1, 0.15) is 33.1 Å². The molecule has 1 aromatic carbocycles. The van der Waals surface area contributed by atoms with Crippen molar-refractivity contribution >= 4 is 17.7 Å². The first-order valence-electron chi connectivity index (χ1n) is 7.37. The molecule has 2 amide bonds. The number of carbonyl (C=O) groups is 2. The van der Waals surface area contributed by atoms with E-state index in [0.717, 1.165) is 19.3 Å². The smallest absolute Gasteiger partial charge is 0.325 e. The van der Waals surface area contributed by atoms with Gasteiger partial charge in [-0.25, -0.2) is 4.79 Å². The van der Waals surface area contributed by atoms with E-state index in [4.69, 9.17) is 5.11 Å². The zero-order chi connectivity index (χ0) is 15.4. The highest BCUT2D eigenvalue weighted by atomic mass is 16.4. The molecule has 1 aromatic rings. The first kappa shape index (κ1) is 15.4. The minimum absolute atomic E-state index is 0.140. The van der Waals surface area contributed by atoms with E-state index < -0.39 is 5.97 Å². The van der Waals surface area contributed by atoms with Crippen LogP contribution in [0.4, 0.5) is 10.5 Å². The second-order valence-electron chi connectivity index (χ2n) is 5.63. The number of carboxylic acid groups (broad SMARTS) is 1. The molecule has 1 aliphatic heterocycles. The second kappa shape index (κ2) is 6.61. The van der Waals surface area contributed by atoms with Crippen molar-refractivity contribution in [2.24, 2.45) is 0 Å². The Hall–Kier alpha value is -2.04. The molecular weight excluding hydrogens is 268 g/mol. The van der Waals surface area contributed by atoms with Crippen molar-refractivity contribution in [3.8, 4) is 0 Å². The number of hydrogen-bond donors (Lipinski definition) is 1. The van der Waals surface area contributed by atoms with Gasteiger partial charge in [-0.3, -0.25) is 9.69 Å². The van der Waals surface area contributed by atoms with Crippen molar-refractivity contribution in [3.63, 3.8) is 0 Å². The molecule has 1 fully saturated rings. The summed E-state index contributed by atoms with van der Waals surface area (Å²) >= 11 is 0. The van der Waals surface area contributed by atoms with Crippen molar-refractivity contribution in [2.75, 3.05) is 11.4 Å². The molecule has 5 heteroatoms. The highest BCUT2D eigenvalue weighted by Crippen LogP contribution is 2.25. The number of anilines is 1. The fourth-order valence-electron chi connectivity index (χ4n) is 2.95. The van der Waals surface area contributed by atoms with Crippen LogP contribution in [-0.4, -0.2) is 40.6 Å². The van der Waals surface area contributed by atoms with Crippen LogP contribution in [-0.2, 0) is 4.79 Å². The number of amides is 2. The fraction of sp³-hybridized carbons (Fsp3) is 0.500. The normalized spacial score (nSPS) is 21.9. The number of urea groups is 1. The van der Waals surface area contributed by atoms with Gasteiger partial charge >= 0.3 is 12.0 Å². The summed E-state index contributed by atoms with van der Waals surface area (Å²) in [5.41, 5.74) is 0.620. The Kier molecular flexibility index (Phi) is 4.83. The van der Waals surface area contributed by atoms with Gasteiger partial charge in [0.15, 0.2) is 0 Å². The summed E-state index contributed by atoms with van der Waals surface area (Å²) in [6.07, 6.45) is 3.04. The number of nitrogens with zero attached hydrogens (tertiary/aromatic N) is 2. The molecule has 2 rings (SSSR count). The Bertz CT molecular complexity index is 494. The van der Waals surface area contributed by atoms with Crippen LogP contribution in [0.3, 0.4) is 0 Å². The number of rotatable bonds is 3. The Labute approximate surface area is 125 Å². The van der Waals surface area contributed by atoms with E-state index in [2.05, 4.69) is 0 Å². The molecule has 1 saturated heterocycles. The molecule has 21 heavy (non-hydrogen) atoms. The quantitative estimate of drug-likeness (QED) is 0.931. The van der Waals surface area contributed by atoms with Crippen LogP contribution < -0.4 is 4.90 Å². The van der Waals surface area contributed by atoms with Crippen molar-refractivity contribution in [1.82, 2.24) is 4.90 Å². The van der Waals surface area contributed by atoms with E-state index in [-0.39, 0.29) is 24.7 Å². The number of likely N-dealkylation sites (tertiary alicyclic amines) is 1. The summed E-state index contributed by atoms with van der Waals surface area (Å²) in [7, 11) is 0. The monoisotopic (exact) mass is 290 g/mol. The van der Waals surface area contributed by atoms with Gasteiger partial charge in [0.25, 0.3) is 0 Å². The standard InChI is InChI=1S/C16H22N2O3/c1-12-7-6-8-13(2)18(12)16(21)17(11-15(19)20)14-9-4-3-5-10-14/h3-5,9-10,12-13H,6-8,11H2,1-2H3,(H,19,20)/t12-,13+. The van der Waals surface area contributed by atoms with Crippen LogP contribution in [0.15, 0.2) is 30.3 Å². The van der Waals surface area contributed by atoms with Crippen LogP contribution >= 0.6 is 0 Å². The predicted octanol–water partition coefficient (Wildman–Crippen LogP) is 2.96. The molecule has 114 valence electrons. The van der Waals surface area contributed by atoms with E-state index >= 15 is 0 Å². The summed E-state index contributed by atoms with van der Waals surface area (Å²) in [5.74, 6) is -1.01. The van der Waals surface area contributed by atoms with Gasteiger partial charge in [0.05, 0.1) is 0 Å². The molecule has 5 nitrogen and oxygen atoms in total. The van der Waals surface area contributed by atoms with E-state index in [0.29, 0.717) is 5.69 Å². The molecule has 0 unspecified atom stereocenters. The molecule has 0 spiro atoms. The number of benzene rings is 1. The van der Waals surface area contributed by atoms with Crippen molar-refractivity contribution in [1.29, 1.82) is 0 Å². The molecule has 1 N–H and O–H groups in total. The van der Waals surface area contributed by atoms with E-state index in [1.54, 1.807) is 24.3 Å². The second-order valence-corrected chi connectivity index (χ2v) is 5.63. The zero-order valence-electron chi connectivity index (χ0n) is 12.5. The lowest BCUT2D eigenvalue weighted by molar-refractivity contribution is -0.135. The molecule has 0 aliphatic carbocycles. The maximum Gasteiger partial charge on any atom is 0.325 e. The summed E-state index contributed by atoms with van der Waals surface area (Å²) < 4.78 is 0. The molecule has 0 aromatic heterocycles. The first-order valence-corrected chi connectivity index (χ1v) is 7.37. The number of carboxylic acids is 1. The minimum atomic E-state index is -1.01. The van der Waals surface area contributed by atoms with Crippen LogP contribution in [0, 0.1) is 0 Å². The number of carbonyl (C=O) groups excluding carboxylic acids is 1. The molecule has 1 heterocycles. The maximum absolute atomic E-state index is 12.8. The molecule has 0 saturated carbocycles. The van der Waals surface area contributed by atoms with Gasteiger partial charge in [0.2, 0.25) is 0 Å². The third kappa shape index (κ3) is 3.54. The molecule has 1 aliphatic rings. The van der Waals surface area contributed by atoms with Crippen molar-refractivity contribution in [3.05, 3.63) is 30.3 Å². The lowest BCUT2D eigenvalue weighted by Gasteiger charge is -2.41. The molecule has 2 atom stereocenters. The average Bonchev–Trinajstić information content (AvgIpc) is 2.45. The summed E-state index contributed by atoms with van der Waals surface area (Å²) in [6.45, 7) is 3.73. The lowest BCUT2D eigenvalue weighted by Crippen LogP contribution is -2.54. The Morgan fingerprint density at radius 2 is 1.76 bits per heavy atom. The Morgan fingerprint density at radius 1 is 1.19 bits per heavy atom. The largest absolute Gasteiger partial charge is 0.480 e. The number of hydrogen-bond acceptors (Lipinski definition) is 2. The van der Waals surface area contributed by atoms with E-state index in [1.165, 1.54) is 4.90 Å². The average molecular weight is 290 g/mol. The van der Waals surface area contributed by atoms with Crippen LogP contribution in [0.2, 0.25) is 0 Å². The summed E-state index contributed by atoms with van der Waals surface area (Å²) in [6, 6.07) is 9.05. The molecule has 0 bridgehead atoms. The summed E-state index contributed by atoms with van der Waals surface area (Å²) in [5, 5.41) is 9.11. The highest BCUT2D eigenvalue weighted by molar-refractivity contribution is 5.96. The van der Waals surface area contributed by atoms with Crippen molar-refractivity contribution in [2.45, 2.75) is 45.2 Å². The number of para-hydroxylation sites is 1. The van der Waals surface area contributed by atoms with Gasteiger partial charge in [-0.15, -0.1) is 0 Å². The summed E-state index contributed by atoms with van der Waals surface area (Å²) in [4.78, 5) is 27.1. The predicted molar refractivity (Wildman–Crippen MR) is 81.4 cm³/mol. The molecule has 0 radical (unpaired) electrons. The van der Waals surface area contributed by atoms with Crippen LogP contribution in [0.25, 0.3) is 0 Å². The minimum Gasteiger partial charge on any atom is -0.480 e. The Morgan fingerprint density at radius 3 is 2.29 bits per heavy atom. The lowest BCUT2D eigenvalue weighted by atomic mass is 9.98. The topological polar surface area (TPSA) is 60.9 Å². The fourth-order valence-corrected chi connectivity index (χ4v) is 2.95. The van der Waals surface area contributed by atoms with Gasteiger partial charge in [-0.05, 0) is 45.2 Å². The third-order valence-corrected chi connectivity index (χ3v) is 4.01. The Balaban J connectivity index is 2.27. The van der Waals surface area contributed by atoms with E-state index in [1.807, 2.05) is 24.8 Å². The SMILES string of the molecule is C[C@@H]1CCC[C@H](C)N1C(=O)N(CC(=O)O)c1ccccc1. The number of aliphatic carboxylic acids is 1. The third-order valence-electron chi connectivity index (χ3n) is 4.01. The highest BCUT2D eigenvalue weighted by Gasteiger charge is 2.33. The first-order chi connectivity index (χ1) is 10.0. The van der Waals surface area contributed by atoms with Gasteiger partial charge in [0, 0.05) is 17.8 Å². The van der Waals surface area contributed by atoms with Gasteiger partial charge in [-0.2, -0.15) is 0 Å². The van der Waals surface area contributed by atoms with Gasteiger partial charge < -0.3 is 10.0 Å². The zero-order valence-corrected chi connectivity index (χ0v) is 12.5. The van der Waals surface area contributed by atoms with Crippen LogP contribution in [0.5, 0.6) is 0 Å².